The first-order chi connectivity index (χ1) is 12.1. The highest BCUT2D eigenvalue weighted by Crippen LogP contribution is 2.19. The predicted molar refractivity (Wildman–Crippen MR) is 113 cm³/mol. The molecule has 3 N–H and O–H groups in total. The van der Waals surface area contributed by atoms with Crippen LogP contribution in [0.5, 0.6) is 5.75 Å². The minimum Gasteiger partial charge on any atom is -0.508 e. The van der Waals surface area contributed by atoms with E-state index < -0.39 is 0 Å². The third kappa shape index (κ3) is 10.3. The van der Waals surface area contributed by atoms with Crippen LogP contribution >= 0.6 is 12.2 Å². The Kier molecular flexibility index (Phi) is 12.1. The Bertz CT molecular complexity index is 461. The highest BCUT2D eigenvalue weighted by Gasteiger charge is 2.08. The zero-order valence-corrected chi connectivity index (χ0v) is 16.7. The highest BCUT2D eigenvalue weighted by atomic mass is 32.1. The van der Waals surface area contributed by atoms with Gasteiger partial charge in [0.1, 0.15) is 5.75 Å². The quantitative estimate of drug-likeness (QED) is 0.307. The van der Waals surface area contributed by atoms with E-state index in [1.807, 2.05) is 17.0 Å². The van der Waals surface area contributed by atoms with Crippen LogP contribution in [0.2, 0.25) is 0 Å². The van der Waals surface area contributed by atoms with Gasteiger partial charge in [-0.3, -0.25) is 0 Å². The normalized spacial score (nSPS) is 10.8. The first-order valence-corrected chi connectivity index (χ1v) is 10.4. The van der Waals surface area contributed by atoms with Gasteiger partial charge in [0, 0.05) is 12.2 Å². The molecule has 0 radical (unpaired) electrons. The van der Waals surface area contributed by atoms with E-state index in [1.54, 1.807) is 12.1 Å². The van der Waals surface area contributed by atoms with Gasteiger partial charge in [-0.2, -0.15) is 0 Å². The average Bonchev–Trinajstić information content (AvgIpc) is 2.60. The minimum absolute atomic E-state index is 0.261. The van der Waals surface area contributed by atoms with Crippen LogP contribution in [-0.4, -0.2) is 16.8 Å². The van der Waals surface area contributed by atoms with Crippen molar-refractivity contribution >= 4 is 23.0 Å². The summed E-state index contributed by atoms with van der Waals surface area (Å²) >= 11 is 5.16. The second kappa shape index (κ2) is 13.9. The lowest BCUT2D eigenvalue weighted by Crippen LogP contribution is -2.36. The van der Waals surface area contributed by atoms with E-state index in [2.05, 4.69) is 6.92 Å². The SMILES string of the molecule is CCCCCCCCCCCCCCN(C(N)=S)c1ccc(O)cc1. The first kappa shape index (κ1) is 21.8. The van der Waals surface area contributed by atoms with E-state index in [1.165, 1.54) is 70.6 Å². The Hall–Kier alpha value is -1.29. The third-order valence-corrected chi connectivity index (χ3v) is 4.88. The molecule has 0 bridgehead atoms. The molecule has 0 heterocycles. The van der Waals surface area contributed by atoms with E-state index in [9.17, 15) is 5.11 Å². The molecule has 0 amide bonds. The number of benzene rings is 1. The molecule has 0 aliphatic heterocycles. The maximum absolute atomic E-state index is 9.38. The van der Waals surface area contributed by atoms with E-state index >= 15 is 0 Å². The van der Waals surface area contributed by atoms with Gasteiger partial charge in [0.15, 0.2) is 5.11 Å². The molecular formula is C21H36N2OS. The Morgan fingerprint density at radius 2 is 1.28 bits per heavy atom. The van der Waals surface area contributed by atoms with Gasteiger partial charge in [0.2, 0.25) is 0 Å². The van der Waals surface area contributed by atoms with Gasteiger partial charge in [-0.05, 0) is 42.9 Å². The van der Waals surface area contributed by atoms with Crippen LogP contribution in [-0.2, 0) is 0 Å². The summed E-state index contributed by atoms with van der Waals surface area (Å²) in [6, 6.07) is 7.05. The van der Waals surface area contributed by atoms with Crippen molar-refractivity contribution in [3.63, 3.8) is 0 Å². The van der Waals surface area contributed by atoms with Crippen molar-refractivity contribution < 1.29 is 5.11 Å². The molecule has 4 heteroatoms. The molecule has 1 aromatic carbocycles. The fourth-order valence-corrected chi connectivity index (χ4v) is 3.31. The summed E-state index contributed by atoms with van der Waals surface area (Å²) in [5.74, 6) is 0.261. The van der Waals surface area contributed by atoms with Crippen LogP contribution in [0.3, 0.4) is 0 Å². The maximum atomic E-state index is 9.38. The van der Waals surface area contributed by atoms with E-state index in [0.29, 0.717) is 5.11 Å². The highest BCUT2D eigenvalue weighted by molar-refractivity contribution is 7.80. The second-order valence-electron chi connectivity index (χ2n) is 6.90. The number of anilines is 1. The number of nitrogens with zero attached hydrogens (tertiary/aromatic N) is 1. The number of unbranched alkanes of at least 4 members (excludes halogenated alkanes) is 11. The summed E-state index contributed by atoms with van der Waals surface area (Å²) < 4.78 is 0. The van der Waals surface area contributed by atoms with Gasteiger partial charge in [0.05, 0.1) is 0 Å². The van der Waals surface area contributed by atoms with Crippen molar-refractivity contribution in [1.29, 1.82) is 0 Å². The van der Waals surface area contributed by atoms with E-state index in [-0.39, 0.29) is 5.75 Å². The largest absolute Gasteiger partial charge is 0.508 e. The Labute approximate surface area is 159 Å². The maximum Gasteiger partial charge on any atom is 0.170 e. The monoisotopic (exact) mass is 364 g/mol. The van der Waals surface area contributed by atoms with Crippen LogP contribution in [0, 0.1) is 0 Å². The second-order valence-corrected chi connectivity index (χ2v) is 7.31. The lowest BCUT2D eigenvalue weighted by Gasteiger charge is -2.23. The number of hydrogen-bond donors (Lipinski definition) is 2. The molecule has 1 aromatic rings. The number of rotatable bonds is 14. The van der Waals surface area contributed by atoms with Gasteiger partial charge in [0.25, 0.3) is 0 Å². The zero-order valence-electron chi connectivity index (χ0n) is 15.9. The van der Waals surface area contributed by atoms with Gasteiger partial charge >= 0.3 is 0 Å². The van der Waals surface area contributed by atoms with Crippen LogP contribution < -0.4 is 10.6 Å². The number of phenols is 1. The van der Waals surface area contributed by atoms with Gasteiger partial charge in [-0.1, -0.05) is 77.6 Å². The Balaban J connectivity index is 2.05. The predicted octanol–water partition coefficient (Wildman–Crippen LogP) is 6.14. The van der Waals surface area contributed by atoms with Crippen molar-refractivity contribution in [2.45, 2.75) is 84.0 Å². The van der Waals surface area contributed by atoms with Gasteiger partial charge in [-0.15, -0.1) is 0 Å². The fourth-order valence-electron chi connectivity index (χ4n) is 3.11. The third-order valence-electron chi connectivity index (χ3n) is 4.66. The van der Waals surface area contributed by atoms with E-state index in [4.69, 9.17) is 18.0 Å². The molecule has 0 unspecified atom stereocenters. The molecule has 25 heavy (non-hydrogen) atoms. The molecule has 0 fully saturated rings. The lowest BCUT2D eigenvalue weighted by molar-refractivity contribution is 0.475. The van der Waals surface area contributed by atoms with Gasteiger partial charge < -0.3 is 15.7 Å². The molecule has 1 rings (SSSR count). The summed E-state index contributed by atoms with van der Waals surface area (Å²) in [6.45, 7) is 3.11. The van der Waals surface area contributed by atoms with Crippen molar-refractivity contribution in [3.8, 4) is 5.75 Å². The summed E-state index contributed by atoms with van der Waals surface area (Å²) in [6.07, 6.45) is 16.1. The molecule has 0 spiro atoms. The summed E-state index contributed by atoms with van der Waals surface area (Å²) in [5, 5.41) is 9.78. The first-order valence-electron chi connectivity index (χ1n) is 10.0. The van der Waals surface area contributed by atoms with Crippen LogP contribution in [0.25, 0.3) is 0 Å². The fraction of sp³-hybridized carbons (Fsp3) is 0.667. The lowest BCUT2D eigenvalue weighted by atomic mass is 10.1. The van der Waals surface area contributed by atoms with Crippen LogP contribution in [0.1, 0.15) is 84.0 Å². The molecule has 0 aliphatic rings. The molecule has 0 saturated carbocycles. The molecule has 0 aliphatic carbocycles. The number of hydrogen-bond acceptors (Lipinski definition) is 2. The van der Waals surface area contributed by atoms with Crippen molar-refractivity contribution in [2.24, 2.45) is 5.73 Å². The number of phenolic OH excluding ortho intramolecular Hbond substituents is 1. The van der Waals surface area contributed by atoms with Crippen molar-refractivity contribution in [2.75, 3.05) is 11.4 Å². The number of thiocarbonyl (C=S) groups is 1. The zero-order chi connectivity index (χ0) is 18.3. The van der Waals surface area contributed by atoms with Crippen LogP contribution in [0.4, 0.5) is 5.69 Å². The standard InChI is InChI=1S/C21H36N2OS/c1-2-3-4-5-6-7-8-9-10-11-12-13-18-23(21(22)25)19-14-16-20(24)17-15-19/h14-17,24H,2-13,18H2,1H3,(H2,22,25). The molecule has 3 nitrogen and oxygen atoms in total. The smallest absolute Gasteiger partial charge is 0.170 e. The minimum atomic E-state index is 0.261. The Morgan fingerprint density at radius 3 is 1.72 bits per heavy atom. The number of aromatic hydroxyl groups is 1. The summed E-state index contributed by atoms with van der Waals surface area (Å²) in [7, 11) is 0. The average molecular weight is 365 g/mol. The number of nitrogens with two attached hydrogens (primary N) is 1. The summed E-state index contributed by atoms with van der Waals surface area (Å²) in [5.41, 5.74) is 6.79. The molecule has 0 atom stereocenters. The van der Waals surface area contributed by atoms with Crippen molar-refractivity contribution in [3.05, 3.63) is 24.3 Å². The molecular weight excluding hydrogens is 328 g/mol. The van der Waals surface area contributed by atoms with Crippen LogP contribution in [0.15, 0.2) is 24.3 Å². The Morgan fingerprint density at radius 1 is 0.840 bits per heavy atom. The van der Waals surface area contributed by atoms with E-state index in [0.717, 1.165) is 18.7 Å². The molecule has 0 saturated heterocycles. The van der Waals surface area contributed by atoms with Gasteiger partial charge in [-0.25, -0.2) is 0 Å². The topological polar surface area (TPSA) is 49.5 Å². The van der Waals surface area contributed by atoms with Crippen molar-refractivity contribution in [1.82, 2.24) is 0 Å². The molecule has 142 valence electrons. The molecule has 0 aromatic heterocycles. The summed E-state index contributed by atoms with van der Waals surface area (Å²) in [4.78, 5) is 1.95.